The molecule has 1 N–H and O–H groups in total. The summed E-state index contributed by atoms with van der Waals surface area (Å²) in [5.74, 6) is -0.923. The lowest BCUT2D eigenvalue weighted by molar-refractivity contribution is -0.136. The number of hydrogen-bond acceptors (Lipinski definition) is 2. The minimum atomic E-state index is -0.923. The second kappa shape index (κ2) is 4.58. The van der Waals surface area contributed by atoms with Crippen molar-refractivity contribution in [3.8, 4) is 6.07 Å². The minimum Gasteiger partial charge on any atom is -0.481 e. The quantitative estimate of drug-likeness (QED) is 0.912. The molecule has 0 bridgehead atoms. The summed E-state index contributed by atoms with van der Waals surface area (Å²) in [5.41, 5.74) is 1.03. The molecule has 1 rings (SSSR count). The van der Waals surface area contributed by atoms with E-state index in [0.29, 0.717) is 20.1 Å². The molecule has 5 heteroatoms. The fourth-order valence-corrected chi connectivity index (χ4v) is 1.87. The van der Waals surface area contributed by atoms with Crippen molar-refractivity contribution in [3.05, 3.63) is 32.2 Å². The Labute approximate surface area is 97.6 Å². The van der Waals surface area contributed by atoms with Gasteiger partial charge in [-0.05, 0) is 49.6 Å². The second-order valence-electron chi connectivity index (χ2n) is 2.61. The van der Waals surface area contributed by atoms with Crippen LogP contribution >= 0.6 is 31.9 Å². The van der Waals surface area contributed by atoms with E-state index in [2.05, 4.69) is 31.9 Å². The van der Waals surface area contributed by atoms with Crippen molar-refractivity contribution in [1.82, 2.24) is 0 Å². The van der Waals surface area contributed by atoms with E-state index < -0.39 is 5.97 Å². The molecule has 0 heterocycles. The number of carbonyl (C=O) groups is 1. The van der Waals surface area contributed by atoms with Gasteiger partial charge in [-0.15, -0.1) is 0 Å². The van der Waals surface area contributed by atoms with Crippen LogP contribution in [-0.2, 0) is 11.2 Å². The first-order chi connectivity index (χ1) is 6.54. The number of aliphatic carboxylic acids is 1. The summed E-state index contributed by atoms with van der Waals surface area (Å²) in [6.07, 6.45) is -0.102. The Bertz CT molecular complexity index is 424. The van der Waals surface area contributed by atoms with Crippen molar-refractivity contribution in [1.29, 1.82) is 5.26 Å². The molecule has 72 valence electrons. The highest BCUT2D eigenvalue weighted by atomic mass is 79.9. The maximum absolute atomic E-state index is 10.5. The van der Waals surface area contributed by atoms with E-state index in [1.54, 1.807) is 12.1 Å². The molecule has 0 fully saturated rings. The number of carboxylic acid groups (broad SMARTS) is 1. The van der Waals surface area contributed by atoms with Crippen LogP contribution in [0.3, 0.4) is 0 Å². The summed E-state index contributed by atoms with van der Waals surface area (Å²) in [4.78, 5) is 10.5. The van der Waals surface area contributed by atoms with E-state index in [0.717, 1.165) is 0 Å². The van der Waals surface area contributed by atoms with Crippen LogP contribution in [0.15, 0.2) is 21.1 Å². The van der Waals surface area contributed by atoms with Crippen LogP contribution < -0.4 is 0 Å². The van der Waals surface area contributed by atoms with E-state index in [1.165, 1.54) is 0 Å². The predicted molar refractivity (Wildman–Crippen MR) is 57.9 cm³/mol. The van der Waals surface area contributed by atoms with Gasteiger partial charge >= 0.3 is 5.97 Å². The standard InChI is InChI=1S/C9H5Br2NO2/c10-7-2-5(4-12)1-6(9(7)11)3-8(13)14/h1-2H,3H2,(H,13,14). The van der Waals surface area contributed by atoms with E-state index in [1.807, 2.05) is 6.07 Å². The van der Waals surface area contributed by atoms with Crippen molar-refractivity contribution in [2.75, 3.05) is 0 Å². The number of halogens is 2. The van der Waals surface area contributed by atoms with Gasteiger partial charge in [0.2, 0.25) is 0 Å². The number of nitrogens with zero attached hydrogens (tertiary/aromatic N) is 1. The van der Waals surface area contributed by atoms with Gasteiger partial charge in [-0.3, -0.25) is 4.79 Å². The summed E-state index contributed by atoms with van der Waals surface area (Å²) in [5, 5.41) is 17.3. The summed E-state index contributed by atoms with van der Waals surface area (Å²) in [6, 6.07) is 5.16. The van der Waals surface area contributed by atoms with Crippen molar-refractivity contribution in [3.63, 3.8) is 0 Å². The van der Waals surface area contributed by atoms with Crippen LogP contribution in [0.2, 0.25) is 0 Å². The molecule has 3 nitrogen and oxygen atoms in total. The average molecular weight is 319 g/mol. The minimum absolute atomic E-state index is 0.102. The monoisotopic (exact) mass is 317 g/mol. The first-order valence-corrected chi connectivity index (χ1v) is 5.23. The molecule has 0 unspecified atom stereocenters. The Morgan fingerprint density at radius 1 is 1.50 bits per heavy atom. The smallest absolute Gasteiger partial charge is 0.307 e. The molecule has 0 aliphatic carbocycles. The van der Waals surface area contributed by atoms with Gasteiger partial charge in [-0.1, -0.05) is 0 Å². The first kappa shape index (κ1) is 11.2. The van der Waals surface area contributed by atoms with E-state index >= 15 is 0 Å². The molecular weight excluding hydrogens is 314 g/mol. The van der Waals surface area contributed by atoms with Crippen LogP contribution in [0.4, 0.5) is 0 Å². The molecule has 0 radical (unpaired) electrons. The highest BCUT2D eigenvalue weighted by molar-refractivity contribution is 9.13. The number of carboxylic acids is 1. The van der Waals surface area contributed by atoms with Gasteiger partial charge in [0.15, 0.2) is 0 Å². The lowest BCUT2D eigenvalue weighted by atomic mass is 10.1. The molecule has 14 heavy (non-hydrogen) atoms. The van der Waals surface area contributed by atoms with Crippen LogP contribution in [0.5, 0.6) is 0 Å². The van der Waals surface area contributed by atoms with Gasteiger partial charge in [-0.25, -0.2) is 0 Å². The molecule has 0 saturated heterocycles. The molecule has 0 amide bonds. The maximum Gasteiger partial charge on any atom is 0.307 e. The van der Waals surface area contributed by atoms with Crippen LogP contribution in [-0.4, -0.2) is 11.1 Å². The van der Waals surface area contributed by atoms with Gasteiger partial charge in [0.1, 0.15) is 0 Å². The molecule has 1 aromatic rings. The van der Waals surface area contributed by atoms with Crippen LogP contribution in [0.25, 0.3) is 0 Å². The largest absolute Gasteiger partial charge is 0.481 e. The molecule has 0 aliphatic rings. The molecule has 0 saturated carbocycles. The van der Waals surface area contributed by atoms with Gasteiger partial charge in [0.05, 0.1) is 18.1 Å². The summed E-state index contributed by atoms with van der Waals surface area (Å²) in [7, 11) is 0. The average Bonchev–Trinajstić information content (AvgIpc) is 2.11. The molecule has 0 aromatic heterocycles. The molecule has 0 aliphatic heterocycles. The Morgan fingerprint density at radius 3 is 2.64 bits per heavy atom. The zero-order valence-electron chi connectivity index (χ0n) is 6.92. The van der Waals surface area contributed by atoms with Crippen molar-refractivity contribution in [2.24, 2.45) is 0 Å². The molecule has 1 aromatic carbocycles. The Hall–Kier alpha value is -0.860. The highest BCUT2D eigenvalue weighted by Crippen LogP contribution is 2.28. The highest BCUT2D eigenvalue weighted by Gasteiger charge is 2.09. The Kier molecular flexibility index (Phi) is 3.67. The summed E-state index contributed by atoms with van der Waals surface area (Å²) < 4.78 is 1.37. The fourth-order valence-electron chi connectivity index (χ4n) is 1.00. The topological polar surface area (TPSA) is 61.1 Å². The second-order valence-corrected chi connectivity index (χ2v) is 4.26. The maximum atomic E-state index is 10.5. The third-order valence-corrected chi connectivity index (χ3v) is 3.67. The normalized spacial score (nSPS) is 9.50. The zero-order valence-corrected chi connectivity index (χ0v) is 10.1. The number of benzene rings is 1. The predicted octanol–water partition coefficient (Wildman–Crippen LogP) is 2.71. The zero-order chi connectivity index (χ0) is 10.7. The first-order valence-electron chi connectivity index (χ1n) is 3.64. The lowest BCUT2D eigenvalue weighted by Crippen LogP contribution is -2.01. The molecular formula is C9H5Br2NO2. The van der Waals surface area contributed by atoms with E-state index in [-0.39, 0.29) is 6.42 Å². The van der Waals surface area contributed by atoms with Crippen molar-refractivity contribution >= 4 is 37.8 Å². The Morgan fingerprint density at radius 2 is 2.14 bits per heavy atom. The SMILES string of the molecule is N#Cc1cc(Br)c(Br)c(CC(=O)O)c1. The van der Waals surface area contributed by atoms with Gasteiger partial charge in [0, 0.05) is 8.95 Å². The number of hydrogen-bond donors (Lipinski definition) is 1. The van der Waals surface area contributed by atoms with E-state index in [4.69, 9.17) is 10.4 Å². The van der Waals surface area contributed by atoms with Gasteiger partial charge < -0.3 is 5.11 Å². The summed E-state index contributed by atoms with van der Waals surface area (Å²) >= 11 is 6.49. The van der Waals surface area contributed by atoms with E-state index in [9.17, 15) is 4.79 Å². The molecule has 0 atom stereocenters. The van der Waals surface area contributed by atoms with Crippen LogP contribution in [0.1, 0.15) is 11.1 Å². The van der Waals surface area contributed by atoms with Gasteiger partial charge in [-0.2, -0.15) is 5.26 Å². The Balaban J connectivity index is 3.21. The van der Waals surface area contributed by atoms with Crippen LogP contribution in [0, 0.1) is 11.3 Å². The molecule has 0 spiro atoms. The van der Waals surface area contributed by atoms with Crippen molar-refractivity contribution in [2.45, 2.75) is 6.42 Å². The fraction of sp³-hybridized carbons (Fsp3) is 0.111. The summed E-state index contributed by atoms with van der Waals surface area (Å²) in [6.45, 7) is 0. The number of rotatable bonds is 2. The number of nitriles is 1. The lowest BCUT2D eigenvalue weighted by Gasteiger charge is -2.04. The van der Waals surface area contributed by atoms with Gasteiger partial charge in [0.25, 0.3) is 0 Å². The van der Waals surface area contributed by atoms with Crippen molar-refractivity contribution < 1.29 is 9.90 Å². The third kappa shape index (κ3) is 2.56. The third-order valence-electron chi connectivity index (χ3n) is 1.57.